The van der Waals surface area contributed by atoms with Crippen LogP contribution in [-0.4, -0.2) is 11.9 Å². The number of rotatable bonds is 27. The van der Waals surface area contributed by atoms with Crippen LogP contribution < -0.4 is 0 Å². The molecule has 2 aromatic carbocycles. The smallest absolute Gasteiger partial charge is 0.0646 e. The first kappa shape index (κ1) is 45.4. The van der Waals surface area contributed by atoms with Crippen molar-refractivity contribution in [2.45, 2.75) is 188 Å². The Bertz CT molecular complexity index is 1290. The summed E-state index contributed by atoms with van der Waals surface area (Å²) < 4.78 is 0. The molecule has 278 valence electrons. The van der Waals surface area contributed by atoms with Crippen molar-refractivity contribution in [2.75, 3.05) is 0 Å². The summed E-state index contributed by atoms with van der Waals surface area (Å²) in [6.07, 6.45) is 35.5. The van der Waals surface area contributed by atoms with E-state index in [4.69, 9.17) is 9.98 Å². The second-order valence-corrected chi connectivity index (χ2v) is 13.9. The average Bonchev–Trinajstić information content (AvgIpc) is 3.12. The Kier molecular flexibility index (Phi) is 30.5. The minimum absolute atomic E-state index is 0. The fourth-order valence-electron chi connectivity index (χ4n) is 6.07. The van der Waals surface area contributed by atoms with Gasteiger partial charge in [0.15, 0.2) is 0 Å². The van der Waals surface area contributed by atoms with E-state index >= 15 is 0 Å². The van der Waals surface area contributed by atoms with Gasteiger partial charge in [0.2, 0.25) is 0 Å². The van der Waals surface area contributed by atoms with Gasteiger partial charge in [0.1, 0.15) is 0 Å². The van der Waals surface area contributed by atoms with Gasteiger partial charge in [-0.25, -0.2) is 0 Å². The molecular formula is C47H70N2Ni. The van der Waals surface area contributed by atoms with Crippen molar-refractivity contribution in [3.05, 3.63) is 59.7 Å². The molecule has 3 heteroatoms. The Balaban J connectivity index is 0.0000125. The molecule has 0 aliphatic heterocycles. The number of hydrogen-bond donors (Lipinski definition) is 0. The largest absolute Gasteiger partial charge is 0.255 e. The molecule has 0 aliphatic carbocycles. The van der Waals surface area contributed by atoms with E-state index in [1.54, 1.807) is 0 Å². The van der Waals surface area contributed by atoms with Crippen LogP contribution in [-0.2, 0) is 16.5 Å². The van der Waals surface area contributed by atoms with Crippen LogP contribution in [0.5, 0.6) is 0 Å². The van der Waals surface area contributed by atoms with Crippen molar-refractivity contribution in [3.63, 3.8) is 0 Å². The fraction of sp³-hybridized carbons (Fsp3) is 0.617. The minimum Gasteiger partial charge on any atom is -0.255 e. The average molecular weight is 722 g/mol. The Hall–Kier alpha value is -2.61. The molecule has 0 atom stereocenters. The van der Waals surface area contributed by atoms with Gasteiger partial charge in [-0.05, 0) is 62.1 Å². The summed E-state index contributed by atoms with van der Waals surface area (Å²) in [6, 6.07) is 16.7. The fourth-order valence-corrected chi connectivity index (χ4v) is 6.07. The van der Waals surface area contributed by atoms with Crippen LogP contribution >= 0.6 is 0 Å². The third-order valence-electron chi connectivity index (χ3n) is 9.14. The zero-order valence-electron chi connectivity index (χ0n) is 32.3. The van der Waals surface area contributed by atoms with Crippen LogP contribution in [0.4, 0.5) is 11.4 Å². The molecule has 0 aromatic heterocycles. The number of aliphatic imine (C=N–C) groups is 2. The van der Waals surface area contributed by atoms with Gasteiger partial charge in [-0.1, -0.05) is 185 Å². The molecule has 0 unspecified atom stereocenters. The van der Waals surface area contributed by atoms with Crippen molar-refractivity contribution >= 4 is 23.3 Å². The standard InChI is InChI=1S/C47H70N2.Ni/c1-4-7-10-12-14-16-18-20-22-24-26-29-33-43-35-31-38-45(40-43)48-42-47(37-28-9-6-3)49-46-39-32-36-44(41-46)34-30-27-25-23-21-19-17-15-13-11-8-5-2;/h31-32,35-36,38-42H,4-28,37H2,1-3H3;. The quantitative estimate of drug-likeness (QED) is 0.0380. The molecule has 0 radical (unpaired) electrons. The van der Waals surface area contributed by atoms with Crippen molar-refractivity contribution in [1.82, 2.24) is 0 Å². The van der Waals surface area contributed by atoms with Crippen LogP contribution in [0.2, 0.25) is 0 Å². The van der Waals surface area contributed by atoms with Crippen LogP contribution in [0.3, 0.4) is 0 Å². The molecule has 0 amide bonds. The monoisotopic (exact) mass is 720 g/mol. The third-order valence-corrected chi connectivity index (χ3v) is 9.14. The number of nitrogens with zero attached hydrogens (tertiary/aromatic N) is 2. The maximum Gasteiger partial charge on any atom is 0.0646 e. The van der Waals surface area contributed by atoms with Crippen molar-refractivity contribution < 1.29 is 16.5 Å². The van der Waals surface area contributed by atoms with E-state index in [0.29, 0.717) is 0 Å². The first-order valence-electron chi connectivity index (χ1n) is 20.5. The van der Waals surface area contributed by atoms with Gasteiger partial charge in [-0.2, -0.15) is 0 Å². The number of benzene rings is 2. The van der Waals surface area contributed by atoms with Gasteiger partial charge < -0.3 is 0 Å². The zero-order valence-corrected chi connectivity index (χ0v) is 33.3. The molecule has 0 heterocycles. The third kappa shape index (κ3) is 25.4. The molecule has 0 N–H and O–H groups in total. The van der Waals surface area contributed by atoms with Crippen LogP contribution in [0.25, 0.3) is 0 Å². The summed E-state index contributed by atoms with van der Waals surface area (Å²) in [5.41, 5.74) is 4.98. The number of unbranched alkanes of at least 4 members (excludes halogenated alkanes) is 22. The summed E-state index contributed by atoms with van der Waals surface area (Å²) >= 11 is 0. The van der Waals surface area contributed by atoms with Crippen molar-refractivity contribution in [2.24, 2.45) is 9.98 Å². The first-order valence-corrected chi connectivity index (χ1v) is 20.5. The van der Waals surface area contributed by atoms with Gasteiger partial charge >= 0.3 is 0 Å². The van der Waals surface area contributed by atoms with Gasteiger partial charge in [0.05, 0.1) is 17.1 Å². The van der Waals surface area contributed by atoms with Gasteiger partial charge in [-0.15, -0.1) is 0 Å². The van der Waals surface area contributed by atoms with Crippen LogP contribution in [0, 0.1) is 23.7 Å². The van der Waals surface area contributed by atoms with Gasteiger partial charge in [-0.3, -0.25) is 9.98 Å². The second kappa shape index (κ2) is 33.5. The predicted octanol–water partition coefficient (Wildman–Crippen LogP) is 15.1. The predicted molar refractivity (Wildman–Crippen MR) is 219 cm³/mol. The number of hydrogen-bond acceptors (Lipinski definition) is 2. The van der Waals surface area contributed by atoms with E-state index in [9.17, 15) is 0 Å². The summed E-state index contributed by atoms with van der Waals surface area (Å²) in [5, 5.41) is 0. The van der Waals surface area contributed by atoms with Crippen molar-refractivity contribution in [1.29, 1.82) is 0 Å². The normalized spacial score (nSPS) is 11.1. The molecule has 0 aliphatic rings. The second-order valence-electron chi connectivity index (χ2n) is 13.9. The maximum atomic E-state index is 5.02. The van der Waals surface area contributed by atoms with E-state index in [0.717, 1.165) is 53.9 Å². The van der Waals surface area contributed by atoms with Crippen LogP contribution in [0.15, 0.2) is 58.5 Å². The van der Waals surface area contributed by atoms with Crippen LogP contribution in [0.1, 0.15) is 199 Å². The molecule has 0 spiro atoms. The molecule has 2 aromatic rings. The molecule has 50 heavy (non-hydrogen) atoms. The van der Waals surface area contributed by atoms with Gasteiger partial charge in [0.25, 0.3) is 0 Å². The Morgan fingerprint density at radius 2 is 0.900 bits per heavy atom. The van der Waals surface area contributed by atoms with E-state index in [2.05, 4.69) is 93.0 Å². The van der Waals surface area contributed by atoms with Crippen molar-refractivity contribution in [3.8, 4) is 23.7 Å². The Morgan fingerprint density at radius 3 is 1.38 bits per heavy atom. The Morgan fingerprint density at radius 1 is 0.500 bits per heavy atom. The molecule has 2 nitrogen and oxygen atoms in total. The summed E-state index contributed by atoms with van der Waals surface area (Å²) in [7, 11) is 0. The van der Waals surface area contributed by atoms with Gasteiger partial charge in [0, 0.05) is 46.7 Å². The molecule has 2 rings (SSSR count). The maximum absolute atomic E-state index is 5.02. The van der Waals surface area contributed by atoms with E-state index < -0.39 is 0 Å². The summed E-state index contributed by atoms with van der Waals surface area (Å²) in [6.45, 7) is 6.81. The SMILES string of the molecule is CCCCCCCCCCCCC#Cc1cccc(N=CC(CCCCC)=Nc2cccc(C#CCCCCCCCCCCCC)c2)c1.[Ni]. The first-order chi connectivity index (χ1) is 24.2. The van der Waals surface area contributed by atoms with E-state index in [1.165, 1.54) is 141 Å². The zero-order chi connectivity index (χ0) is 34.9. The molecular weight excluding hydrogens is 651 g/mol. The van der Waals surface area contributed by atoms with E-state index in [-0.39, 0.29) is 16.5 Å². The molecule has 0 fully saturated rings. The van der Waals surface area contributed by atoms with E-state index in [1.807, 2.05) is 6.21 Å². The summed E-state index contributed by atoms with van der Waals surface area (Å²) in [4.78, 5) is 9.86. The Labute approximate surface area is 319 Å². The summed E-state index contributed by atoms with van der Waals surface area (Å²) in [5.74, 6) is 13.5. The molecule has 0 bridgehead atoms. The molecule has 0 saturated carbocycles. The topological polar surface area (TPSA) is 24.7 Å². The minimum atomic E-state index is 0. The molecule has 0 saturated heterocycles.